The third kappa shape index (κ3) is 4.85. The van der Waals surface area contributed by atoms with Crippen LogP contribution in [0.15, 0.2) is 0 Å². The molecule has 1 heterocycles. The van der Waals surface area contributed by atoms with Crippen LogP contribution in [0.5, 0.6) is 0 Å². The van der Waals surface area contributed by atoms with Gasteiger partial charge in [-0.25, -0.2) is 8.37 Å². The number of hydrogen-bond acceptors (Lipinski definition) is 10. The molecule has 5 atom stereocenters. The Hall–Kier alpha value is -0.420. The molecule has 0 unspecified atom stereocenters. The summed E-state index contributed by atoms with van der Waals surface area (Å²) in [5.41, 5.74) is 0. The molecular weight excluding hydrogens is 328 g/mol. The molecule has 12 nitrogen and oxygen atoms in total. The van der Waals surface area contributed by atoms with Crippen molar-refractivity contribution in [3.63, 3.8) is 0 Å². The molecule has 0 amide bonds. The van der Waals surface area contributed by atoms with Gasteiger partial charge < -0.3 is 20.1 Å². The van der Waals surface area contributed by atoms with Crippen LogP contribution >= 0.6 is 0 Å². The van der Waals surface area contributed by atoms with E-state index in [-0.39, 0.29) is 0 Å². The van der Waals surface area contributed by atoms with E-state index in [2.05, 4.69) is 13.1 Å². The van der Waals surface area contributed by atoms with Crippen LogP contribution in [0.1, 0.15) is 0 Å². The first-order valence-electron chi connectivity index (χ1n) is 4.88. The van der Waals surface area contributed by atoms with E-state index in [4.69, 9.17) is 14.2 Å². The van der Waals surface area contributed by atoms with Crippen molar-refractivity contribution < 1.29 is 54.4 Å². The van der Waals surface area contributed by atoms with Crippen LogP contribution < -0.4 is 0 Å². The molecule has 5 N–H and O–H groups in total. The van der Waals surface area contributed by atoms with Gasteiger partial charge in [-0.1, -0.05) is 0 Å². The van der Waals surface area contributed by atoms with Crippen LogP contribution in [0.2, 0.25) is 0 Å². The Morgan fingerprint density at radius 2 is 1.40 bits per heavy atom. The van der Waals surface area contributed by atoms with Crippen LogP contribution in [0, 0.1) is 0 Å². The Bertz CT molecular complexity index is 524. The summed E-state index contributed by atoms with van der Waals surface area (Å²) >= 11 is 0. The summed E-state index contributed by atoms with van der Waals surface area (Å²) in [5, 5.41) is 27.9. The second kappa shape index (κ2) is 6.14. The Labute approximate surface area is 113 Å². The van der Waals surface area contributed by atoms with Gasteiger partial charge in [0, 0.05) is 0 Å². The molecule has 0 radical (unpaired) electrons. The molecule has 14 heteroatoms. The zero-order valence-electron chi connectivity index (χ0n) is 9.50. The molecule has 1 rings (SSSR count). The van der Waals surface area contributed by atoms with Gasteiger partial charge in [-0.05, 0) is 0 Å². The lowest BCUT2D eigenvalue weighted by Gasteiger charge is -2.39. The quantitative estimate of drug-likeness (QED) is 0.309. The zero-order valence-corrected chi connectivity index (χ0v) is 11.1. The number of aliphatic hydroxyl groups excluding tert-OH is 3. The van der Waals surface area contributed by atoms with Crippen LogP contribution in [0.3, 0.4) is 0 Å². The summed E-state index contributed by atoms with van der Waals surface area (Å²) in [7, 11) is -10.3. The predicted octanol–water partition coefficient (Wildman–Crippen LogP) is -3.57. The molecule has 0 aliphatic carbocycles. The highest BCUT2D eigenvalue weighted by Gasteiger charge is 2.49. The topological polar surface area (TPSA) is 197 Å². The van der Waals surface area contributed by atoms with Gasteiger partial charge in [-0.2, -0.15) is 16.8 Å². The first kappa shape index (κ1) is 17.6. The zero-order chi connectivity index (χ0) is 15.7. The molecule has 0 bridgehead atoms. The van der Waals surface area contributed by atoms with Gasteiger partial charge in [0.05, 0.1) is 6.61 Å². The number of hydrogen-bond donors (Lipinski definition) is 5. The Morgan fingerprint density at radius 3 is 1.80 bits per heavy atom. The van der Waals surface area contributed by atoms with Crippen LogP contribution in [0.25, 0.3) is 0 Å². The lowest BCUT2D eigenvalue weighted by Crippen LogP contribution is -2.61. The second-order valence-electron chi connectivity index (χ2n) is 3.72. The van der Waals surface area contributed by atoms with Crippen molar-refractivity contribution in [2.45, 2.75) is 30.7 Å². The van der Waals surface area contributed by atoms with E-state index in [0.29, 0.717) is 0 Å². The molecule has 1 fully saturated rings. The van der Waals surface area contributed by atoms with Crippen molar-refractivity contribution in [1.82, 2.24) is 0 Å². The largest absolute Gasteiger partial charge is 0.397 e. The molecule has 1 saturated heterocycles. The van der Waals surface area contributed by atoms with Crippen molar-refractivity contribution in [2.75, 3.05) is 6.61 Å². The van der Waals surface area contributed by atoms with Gasteiger partial charge in [0.1, 0.15) is 18.3 Å². The maximum Gasteiger partial charge on any atom is 0.397 e. The van der Waals surface area contributed by atoms with Gasteiger partial charge in [0.25, 0.3) is 0 Å². The summed E-state index contributed by atoms with van der Waals surface area (Å²) in [6.45, 7) is -0.887. The SMILES string of the molecule is O=S(=O)(O)O[C@@H]1[C@@H](O)[C@H](CO)O[C@@H](O)[C@H]1OS(=O)(=O)O. The average molecular weight is 340 g/mol. The first-order valence-corrected chi connectivity index (χ1v) is 7.61. The highest BCUT2D eigenvalue weighted by Crippen LogP contribution is 2.26. The van der Waals surface area contributed by atoms with E-state index >= 15 is 0 Å². The van der Waals surface area contributed by atoms with Crippen LogP contribution in [0.4, 0.5) is 0 Å². The van der Waals surface area contributed by atoms with E-state index in [1.54, 1.807) is 0 Å². The molecule has 1 aliphatic rings. The lowest BCUT2D eigenvalue weighted by molar-refractivity contribution is -0.276. The van der Waals surface area contributed by atoms with Crippen molar-refractivity contribution in [2.24, 2.45) is 0 Å². The van der Waals surface area contributed by atoms with E-state index in [1.807, 2.05) is 0 Å². The number of rotatable bonds is 5. The lowest BCUT2D eigenvalue weighted by atomic mass is 9.99. The number of aliphatic hydroxyl groups is 3. The van der Waals surface area contributed by atoms with Gasteiger partial charge in [-0.3, -0.25) is 9.11 Å². The second-order valence-corrected chi connectivity index (χ2v) is 5.81. The highest BCUT2D eigenvalue weighted by atomic mass is 32.3. The van der Waals surface area contributed by atoms with Crippen molar-refractivity contribution in [3.8, 4) is 0 Å². The minimum absolute atomic E-state index is 0.887. The normalized spacial score (nSPS) is 36.0. The van der Waals surface area contributed by atoms with Crippen molar-refractivity contribution >= 4 is 20.8 Å². The Kier molecular flexibility index (Phi) is 5.41. The Balaban J connectivity index is 3.09. The molecule has 0 saturated carbocycles. The van der Waals surface area contributed by atoms with Crippen molar-refractivity contribution in [3.05, 3.63) is 0 Å². The van der Waals surface area contributed by atoms with Gasteiger partial charge in [0.2, 0.25) is 0 Å². The third-order valence-corrected chi connectivity index (χ3v) is 3.21. The Morgan fingerprint density at radius 1 is 0.950 bits per heavy atom. The summed E-state index contributed by atoms with van der Waals surface area (Å²) in [4.78, 5) is 0. The van der Waals surface area contributed by atoms with Gasteiger partial charge >= 0.3 is 20.8 Å². The predicted molar refractivity (Wildman–Crippen MR) is 56.8 cm³/mol. The highest BCUT2D eigenvalue weighted by molar-refractivity contribution is 7.81. The van der Waals surface area contributed by atoms with Crippen molar-refractivity contribution in [1.29, 1.82) is 0 Å². The summed E-state index contributed by atoms with van der Waals surface area (Å²) in [5.74, 6) is 0. The third-order valence-electron chi connectivity index (χ3n) is 2.28. The fraction of sp³-hybridized carbons (Fsp3) is 1.00. The fourth-order valence-electron chi connectivity index (χ4n) is 1.55. The number of ether oxygens (including phenoxy) is 1. The maximum absolute atomic E-state index is 10.6. The van der Waals surface area contributed by atoms with E-state index in [1.165, 1.54) is 0 Å². The smallest absolute Gasteiger partial charge is 0.394 e. The monoisotopic (exact) mass is 340 g/mol. The molecule has 1 aliphatic heterocycles. The molecule has 0 aromatic rings. The summed E-state index contributed by atoms with van der Waals surface area (Å²) in [6.07, 6.45) is -10.1. The molecule has 120 valence electrons. The van der Waals surface area contributed by atoms with E-state index in [0.717, 1.165) is 0 Å². The average Bonchev–Trinajstić information content (AvgIpc) is 2.25. The summed E-state index contributed by atoms with van der Waals surface area (Å²) < 4.78 is 71.9. The maximum atomic E-state index is 10.6. The molecule has 0 spiro atoms. The van der Waals surface area contributed by atoms with Crippen LogP contribution in [-0.2, 0) is 33.9 Å². The van der Waals surface area contributed by atoms with Gasteiger partial charge in [-0.15, -0.1) is 0 Å². The van der Waals surface area contributed by atoms with Gasteiger partial charge in [0.15, 0.2) is 12.4 Å². The molecule has 0 aromatic heterocycles. The molecular formula is C6H12O12S2. The minimum atomic E-state index is -5.16. The van der Waals surface area contributed by atoms with E-state index < -0.39 is 58.1 Å². The molecule has 20 heavy (non-hydrogen) atoms. The molecule has 0 aromatic carbocycles. The summed E-state index contributed by atoms with van der Waals surface area (Å²) in [6, 6.07) is 0. The van der Waals surface area contributed by atoms with Crippen LogP contribution in [-0.4, -0.2) is 78.6 Å². The first-order chi connectivity index (χ1) is 8.94. The fourth-order valence-corrected chi connectivity index (χ4v) is 2.54. The standard InChI is InChI=1S/C6H12O12S2/c7-1-2-3(8)4(17-19(10,11)12)5(6(9)16-2)18-20(13,14)15/h2-9H,1H2,(H,10,11,12)(H,13,14,15)/t2-,3-,4+,5-,6+/m0/s1. The van der Waals surface area contributed by atoms with E-state index in [9.17, 15) is 27.0 Å². The minimum Gasteiger partial charge on any atom is -0.394 e.